The molecule has 0 aliphatic carbocycles. The van der Waals surface area contributed by atoms with Crippen molar-refractivity contribution in [2.75, 3.05) is 6.61 Å². The van der Waals surface area contributed by atoms with E-state index in [0.29, 0.717) is 13.0 Å². The number of halogens is 1. The molecule has 0 heterocycles. The molecule has 0 radical (unpaired) electrons. The van der Waals surface area contributed by atoms with Crippen molar-refractivity contribution >= 4 is 27.5 Å². The number of carbonyl (C=O) groups is 1. The molecule has 0 saturated heterocycles. The lowest BCUT2D eigenvalue weighted by molar-refractivity contribution is -0.141. The number of allylic oxidation sites excluding steroid dienone is 1. The van der Waals surface area contributed by atoms with Crippen LogP contribution >= 0.6 is 15.9 Å². The number of benzene rings is 2. The van der Waals surface area contributed by atoms with Gasteiger partial charge in [0.15, 0.2) is 0 Å². The van der Waals surface area contributed by atoms with Crippen LogP contribution in [0.3, 0.4) is 0 Å². The summed E-state index contributed by atoms with van der Waals surface area (Å²) in [7, 11) is 0. The van der Waals surface area contributed by atoms with E-state index in [1.54, 1.807) is 6.92 Å². The zero-order valence-electron chi connectivity index (χ0n) is 15.5. The molecule has 0 aliphatic rings. The average molecular weight is 417 g/mol. The molecule has 1 N–H and O–H groups in total. The van der Waals surface area contributed by atoms with E-state index in [1.807, 2.05) is 36.4 Å². The fourth-order valence-corrected chi connectivity index (χ4v) is 2.98. The molecule has 0 fully saturated rings. The summed E-state index contributed by atoms with van der Waals surface area (Å²) in [4.78, 5) is 10.9. The van der Waals surface area contributed by atoms with Crippen molar-refractivity contribution in [3.8, 4) is 5.75 Å². The predicted octanol–water partition coefficient (Wildman–Crippen LogP) is 5.97. The Morgan fingerprint density at radius 1 is 1.12 bits per heavy atom. The van der Waals surface area contributed by atoms with Crippen molar-refractivity contribution in [2.24, 2.45) is 5.92 Å². The highest BCUT2D eigenvalue weighted by molar-refractivity contribution is 9.10. The van der Waals surface area contributed by atoms with Crippen LogP contribution in [0.25, 0.3) is 5.57 Å². The summed E-state index contributed by atoms with van der Waals surface area (Å²) in [6.45, 7) is 6.53. The van der Waals surface area contributed by atoms with Gasteiger partial charge < -0.3 is 9.84 Å². The largest absolute Gasteiger partial charge is 0.489 e. The highest BCUT2D eigenvalue weighted by Gasteiger charge is 2.11. The van der Waals surface area contributed by atoms with Crippen molar-refractivity contribution in [3.05, 3.63) is 69.7 Å². The number of rotatable bonds is 8. The Morgan fingerprint density at radius 2 is 1.73 bits per heavy atom. The van der Waals surface area contributed by atoms with Crippen LogP contribution in [0.5, 0.6) is 5.75 Å². The molecular formula is C22H25BrO3. The summed E-state index contributed by atoms with van der Waals surface area (Å²) in [6.07, 6.45) is 1.45. The molecule has 26 heavy (non-hydrogen) atoms. The molecule has 1 atom stereocenters. The van der Waals surface area contributed by atoms with Gasteiger partial charge in [-0.05, 0) is 66.3 Å². The van der Waals surface area contributed by atoms with E-state index in [9.17, 15) is 4.79 Å². The summed E-state index contributed by atoms with van der Waals surface area (Å²) in [6, 6.07) is 16.0. The number of ether oxygens (including phenoxy) is 1. The normalized spacial score (nSPS) is 13.1. The van der Waals surface area contributed by atoms with Gasteiger partial charge in [0.25, 0.3) is 0 Å². The third-order valence-corrected chi connectivity index (χ3v) is 5.06. The second-order valence-electron chi connectivity index (χ2n) is 6.47. The fraction of sp³-hybridized carbons (Fsp3) is 0.318. The van der Waals surface area contributed by atoms with Crippen LogP contribution in [0.15, 0.2) is 58.6 Å². The van der Waals surface area contributed by atoms with Gasteiger partial charge in [-0.15, -0.1) is 0 Å². The summed E-state index contributed by atoms with van der Waals surface area (Å²) in [5.41, 5.74) is 4.71. The standard InChI is InChI=1S/C22H25BrO3/c1-4-18(16(3)19-7-9-20(23)10-8-19)14-26-21-11-5-17(6-12-21)13-15(2)22(24)25/h5-12,15H,4,13-14H2,1-3H3,(H,24,25)/b18-16+. The highest BCUT2D eigenvalue weighted by atomic mass is 79.9. The van der Waals surface area contributed by atoms with Crippen LogP contribution in [-0.2, 0) is 11.2 Å². The molecule has 0 aliphatic heterocycles. The van der Waals surface area contributed by atoms with Gasteiger partial charge in [-0.2, -0.15) is 0 Å². The van der Waals surface area contributed by atoms with Gasteiger partial charge in [-0.25, -0.2) is 0 Å². The zero-order valence-corrected chi connectivity index (χ0v) is 17.0. The van der Waals surface area contributed by atoms with E-state index in [-0.39, 0.29) is 5.92 Å². The summed E-state index contributed by atoms with van der Waals surface area (Å²) >= 11 is 3.47. The molecule has 2 rings (SSSR count). The summed E-state index contributed by atoms with van der Waals surface area (Å²) in [5, 5.41) is 9.00. The second kappa shape index (κ2) is 9.58. The number of carboxylic acids is 1. The number of hydrogen-bond donors (Lipinski definition) is 1. The van der Waals surface area contributed by atoms with E-state index in [1.165, 1.54) is 16.7 Å². The molecule has 138 valence electrons. The first-order valence-corrected chi connectivity index (χ1v) is 9.59. The topological polar surface area (TPSA) is 46.5 Å². The van der Waals surface area contributed by atoms with Crippen molar-refractivity contribution in [1.29, 1.82) is 0 Å². The van der Waals surface area contributed by atoms with Crippen molar-refractivity contribution < 1.29 is 14.6 Å². The van der Waals surface area contributed by atoms with E-state index >= 15 is 0 Å². The van der Waals surface area contributed by atoms with Crippen LogP contribution < -0.4 is 4.74 Å². The molecule has 0 amide bonds. The zero-order chi connectivity index (χ0) is 19.1. The summed E-state index contributed by atoms with van der Waals surface area (Å²) < 4.78 is 7.02. The number of carboxylic acid groups (broad SMARTS) is 1. The van der Waals surface area contributed by atoms with E-state index < -0.39 is 5.97 Å². The summed E-state index contributed by atoms with van der Waals surface area (Å²) in [5.74, 6) is -0.359. The molecule has 4 heteroatoms. The second-order valence-corrected chi connectivity index (χ2v) is 7.38. The predicted molar refractivity (Wildman–Crippen MR) is 109 cm³/mol. The van der Waals surface area contributed by atoms with Crippen molar-refractivity contribution in [2.45, 2.75) is 33.6 Å². The van der Waals surface area contributed by atoms with Crippen LogP contribution in [0, 0.1) is 5.92 Å². The smallest absolute Gasteiger partial charge is 0.306 e. The maximum atomic E-state index is 10.9. The molecule has 0 aromatic heterocycles. The van der Waals surface area contributed by atoms with Gasteiger partial charge in [0, 0.05) is 4.47 Å². The van der Waals surface area contributed by atoms with Gasteiger partial charge in [-0.1, -0.05) is 54.0 Å². The fourth-order valence-electron chi connectivity index (χ4n) is 2.71. The molecule has 3 nitrogen and oxygen atoms in total. The maximum absolute atomic E-state index is 10.9. The minimum Gasteiger partial charge on any atom is -0.489 e. The van der Waals surface area contributed by atoms with Crippen LogP contribution in [-0.4, -0.2) is 17.7 Å². The monoisotopic (exact) mass is 416 g/mol. The Bertz CT molecular complexity index is 761. The molecule has 0 saturated carbocycles. The van der Waals surface area contributed by atoms with Crippen molar-refractivity contribution in [1.82, 2.24) is 0 Å². The lowest BCUT2D eigenvalue weighted by Gasteiger charge is -2.13. The lowest BCUT2D eigenvalue weighted by Crippen LogP contribution is -2.12. The Kier molecular flexibility index (Phi) is 7.46. The molecule has 2 aromatic carbocycles. The van der Waals surface area contributed by atoms with Gasteiger partial charge in [0.05, 0.1) is 5.92 Å². The maximum Gasteiger partial charge on any atom is 0.306 e. The first kappa shape index (κ1) is 20.2. The Balaban J connectivity index is 2.02. The molecular weight excluding hydrogens is 392 g/mol. The van der Waals surface area contributed by atoms with Gasteiger partial charge in [0.2, 0.25) is 0 Å². The minimum atomic E-state index is -0.772. The Labute approximate surface area is 163 Å². The quantitative estimate of drug-likeness (QED) is 0.575. The van der Waals surface area contributed by atoms with E-state index in [0.717, 1.165) is 22.2 Å². The molecule has 0 bridgehead atoms. The van der Waals surface area contributed by atoms with Crippen LogP contribution in [0.2, 0.25) is 0 Å². The third-order valence-electron chi connectivity index (χ3n) is 4.53. The van der Waals surface area contributed by atoms with E-state index in [2.05, 4.69) is 41.9 Å². The lowest BCUT2D eigenvalue weighted by atomic mass is 10.0. The average Bonchev–Trinajstić information content (AvgIpc) is 2.63. The van der Waals surface area contributed by atoms with Crippen molar-refractivity contribution in [3.63, 3.8) is 0 Å². The minimum absolute atomic E-state index is 0.384. The molecule has 0 spiro atoms. The van der Waals surface area contributed by atoms with Gasteiger partial charge in [0.1, 0.15) is 12.4 Å². The molecule has 1 unspecified atom stereocenters. The SMILES string of the molecule is CC/C(COc1ccc(CC(C)C(=O)O)cc1)=C(/C)c1ccc(Br)cc1. The first-order chi connectivity index (χ1) is 12.4. The van der Waals surface area contributed by atoms with Gasteiger partial charge in [-0.3, -0.25) is 4.79 Å². The van der Waals surface area contributed by atoms with Gasteiger partial charge >= 0.3 is 5.97 Å². The third kappa shape index (κ3) is 5.73. The van der Waals surface area contributed by atoms with Crippen LogP contribution in [0.4, 0.5) is 0 Å². The van der Waals surface area contributed by atoms with E-state index in [4.69, 9.17) is 9.84 Å². The number of aliphatic carboxylic acids is 1. The molecule has 2 aromatic rings. The first-order valence-electron chi connectivity index (χ1n) is 8.79. The van der Waals surface area contributed by atoms with Crippen LogP contribution in [0.1, 0.15) is 38.3 Å². The number of hydrogen-bond acceptors (Lipinski definition) is 2. The Morgan fingerprint density at radius 3 is 2.27 bits per heavy atom. The Hall–Kier alpha value is -2.07. The highest BCUT2D eigenvalue weighted by Crippen LogP contribution is 2.23.